The van der Waals surface area contributed by atoms with E-state index in [-0.39, 0.29) is 21.7 Å². The quantitative estimate of drug-likeness (QED) is 0.165. The second-order valence-corrected chi connectivity index (χ2v) is 21.8. The molecule has 0 radical (unpaired) electrons. The van der Waals surface area contributed by atoms with Gasteiger partial charge in [-0.15, -0.1) is 0 Å². The zero-order valence-corrected chi connectivity index (χ0v) is 37.4. The van der Waals surface area contributed by atoms with Crippen LogP contribution in [0, 0.1) is 0 Å². The van der Waals surface area contributed by atoms with E-state index in [0.717, 1.165) is 0 Å². The molecule has 0 aliphatic carbocycles. The molecule has 0 aliphatic rings. The summed E-state index contributed by atoms with van der Waals surface area (Å²) in [6.07, 6.45) is 0. The van der Waals surface area contributed by atoms with Gasteiger partial charge in [-0.05, 0) is 67.2 Å². The lowest BCUT2D eigenvalue weighted by atomic mass is 9.74. The molecular formula is C58H56N2. The van der Waals surface area contributed by atoms with Crippen LogP contribution in [0.15, 0.2) is 121 Å². The molecule has 0 spiro atoms. The lowest BCUT2D eigenvalue weighted by molar-refractivity contribution is 0.571. The van der Waals surface area contributed by atoms with Crippen LogP contribution >= 0.6 is 0 Å². The van der Waals surface area contributed by atoms with Crippen molar-refractivity contribution in [1.82, 2.24) is 8.80 Å². The lowest BCUT2D eigenvalue weighted by Crippen LogP contribution is -2.19. The Bertz CT molecular complexity index is 3250. The largest absolute Gasteiger partial charge is 0.307 e. The van der Waals surface area contributed by atoms with Crippen LogP contribution in [0.4, 0.5) is 0 Å². The summed E-state index contributed by atoms with van der Waals surface area (Å²) in [6.45, 7) is 28.4. The highest BCUT2D eigenvalue weighted by molar-refractivity contribution is 6.46. The van der Waals surface area contributed by atoms with Crippen LogP contribution in [-0.2, 0) is 21.7 Å². The van der Waals surface area contributed by atoms with E-state index in [2.05, 4.69) is 213 Å². The maximum Gasteiger partial charge on any atom is 0.0634 e. The molecule has 0 unspecified atom stereocenters. The van der Waals surface area contributed by atoms with Gasteiger partial charge in [0.05, 0.1) is 33.1 Å². The molecule has 298 valence electrons. The molecule has 4 heterocycles. The molecule has 11 aromatic rings. The van der Waals surface area contributed by atoms with Crippen molar-refractivity contribution in [3.8, 4) is 22.3 Å². The first-order valence-electron chi connectivity index (χ1n) is 22.0. The summed E-state index contributed by atoms with van der Waals surface area (Å²) >= 11 is 0. The topological polar surface area (TPSA) is 8.82 Å². The van der Waals surface area contributed by atoms with Gasteiger partial charge in [0.25, 0.3) is 0 Å². The van der Waals surface area contributed by atoms with Crippen LogP contribution in [0.2, 0.25) is 0 Å². The van der Waals surface area contributed by atoms with Crippen molar-refractivity contribution in [1.29, 1.82) is 0 Å². The fraction of sp³-hybridized carbons (Fsp3) is 0.276. The summed E-state index contributed by atoms with van der Waals surface area (Å²) in [7, 11) is 0. The van der Waals surface area contributed by atoms with Crippen LogP contribution < -0.4 is 0 Å². The Labute approximate surface area is 354 Å². The van der Waals surface area contributed by atoms with Crippen molar-refractivity contribution in [3.63, 3.8) is 0 Å². The minimum absolute atomic E-state index is 0.0482. The zero-order valence-electron chi connectivity index (χ0n) is 37.4. The van der Waals surface area contributed by atoms with Crippen LogP contribution in [0.3, 0.4) is 0 Å². The molecule has 0 aliphatic heterocycles. The van der Waals surface area contributed by atoms with E-state index in [1.54, 1.807) is 0 Å². The number of hydrogen-bond acceptors (Lipinski definition) is 0. The number of aromatic nitrogens is 2. The Morgan fingerprint density at radius 3 is 0.900 bits per heavy atom. The molecule has 0 bridgehead atoms. The summed E-state index contributed by atoms with van der Waals surface area (Å²) in [6, 6.07) is 46.7. The third-order valence-electron chi connectivity index (χ3n) is 13.7. The maximum absolute atomic E-state index is 2.66. The van der Waals surface area contributed by atoms with Crippen LogP contribution in [-0.4, -0.2) is 8.80 Å². The minimum atomic E-state index is -0.0482. The van der Waals surface area contributed by atoms with Gasteiger partial charge in [-0.2, -0.15) is 0 Å². The van der Waals surface area contributed by atoms with E-state index in [9.17, 15) is 0 Å². The third-order valence-corrected chi connectivity index (χ3v) is 13.7. The molecule has 60 heavy (non-hydrogen) atoms. The maximum atomic E-state index is 2.66. The first-order valence-corrected chi connectivity index (χ1v) is 22.0. The molecule has 0 amide bonds. The first-order chi connectivity index (χ1) is 28.4. The van der Waals surface area contributed by atoms with E-state index in [4.69, 9.17) is 0 Å². The fourth-order valence-electron chi connectivity index (χ4n) is 11.2. The Hall–Kier alpha value is -5.86. The van der Waals surface area contributed by atoms with E-state index in [1.165, 1.54) is 121 Å². The van der Waals surface area contributed by atoms with E-state index in [0.29, 0.717) is 0 Å². The van der Waals surface area contributed by atoms with Gasteiger partial charge >= 0.3 is 0 Å². The smallest absolute Gasteiger partial charge is 0.0634 e. The van der Waals surface area contributed by atoms with E-state index >= 15 is 0 Å². The monoisotopic (exact) mass is 780 g/mol. The average Bonchev–Trinajstić information content (AvgIpc) is 3.92. The van der Waals surface area contributed by atoms with Gasteiger partial charge < -0.3 is 8.80 Å². The number of para-hydroxylation sites is 4. The molecule has 2 nitrogen and oxygen atoms in total. The number of nitrogens with zero attached hydrogens (tertiary/aromatic N) is 2. The zero-order chi connectivity index (χ0) is 42.0. The number of rotatable bonds is 2. The SMILES string of the molecule is CC(C)(C)c1cccc(C(C)(C)C)c1-c1cccc2c3c4c5ccccc5n5c6c(-c7c(C(C)(C)C)cccc7C(C)(C)C)cccc6c(c6c7ccccc7n(c12)c63)c45. The molecule has 0 atom stereocenters. The van der Waals surface area contributed by atoms with Gasteiger partial charge in [-0.1, -0.05) is 192 Å². The molecule has 11 rings (SSSR count). The molecule has 0 saturated carbocycles. The summed E-state index contributed by atoms with van der Waals surface area (Å²) in [5, 5.41) is 10.7. The fourth-order valence-corrected chi connectivity index (χ4v) is 11.2. The highest BCUT2D eigenvalue weighted by Crippen LogP contribution is 2.55. The molecule has 7 aromatic carbocycles. The van der Waals surface area contributed by atoms with E-state index in [1.807, 2.05) is 0 Å². The van der Waals surface area contributed by atoms with Crippen molar-refractivity contribution >= 4 is 76.2 Å². The summed E-state index contributed by atoms with van der Waals surface area (Å²) in [5.74, 6) is 0. The summed E-state index contributed by atoms with van der Waals surface area (Å²) in [5.41, 5.74) is 18.6. The molecule has 0 saturated heterocycles. The van der Waals surface area contributed by atoms with Crippen molar-refractivity contribution in [3.05, 3.63) is 144 Å². The van der Waals surface area contributed by atoms with Crippen molar-refractivity contribution in [2.75, 3.05) is 0 Å². The van der Waals surface area contributed by atoms with Gasteiger partial charge in [0.1, 0.15) is 0 Å². The van der Waals surface area contributed by atoms with Crippen LogP contribution in [0.5, 0.6) is 0 Å². The minimum Gasteiger partial charge on any atom is -0.307 e. The highest BCUT2D eigenvalue weighted by Gasteiger charge is 2.34. The molecule has 4 aromatic heterocycles. The predicted molar refractivity (Wildman–Crippen MR) is 261 cm³/mol. The van der Waals surface area contributed by atoms with Crippen LogP contribution in [0.1, 0.15) is 105 Å². The molecular weight excluding hydrogens is 725 g/mol. The number of benzene rings is 7. The van der Waals surface area contributed by atoms with Gasteiger partial charge in [0, 0.05) is 54.2 Å². The number of fused-ring (bicyclic) bond motifs is 14. The molecule has 0 fully saturated rings. The standard InChI is InChI=1S/C58H56N2/c1-55(2,3)39-27-19-28-40(56(4,5)6)45(39)35-23-17-25-37-49-47-34-22-14-16-32-44(34)60-52-36(46-41(57(7,8)9)29-20-30-42(46)58(10,11)12)24-18-26-38(52)50(54(47)60)48-33-21-13-15-31-43(33)59(51(35)37)53(48)49/h13-32H,1-12H3. The lowest BCUT2D eigenvalue weighted by Gasteiger charge is -2.30. The predicted octanol–water partition coefficient (Wildman–Crippen LogP) is 16.5. The Balaban J connectivity index is 1.43. The second kappa shape index (κ2) is 11.9. The number of hydrogen-bond donors (Lipinski definition) is 0. The normalized spacial score (nSPS) is 13.7. The molecule has 0 N–H and O–H groups in total. The summed E-state index contributed by atoms with van der Waals surface area (Å²) in [4.78, 5) is 0. The third kappa shape index (κ3) is 4.82. The second-order valence-electron chi connectivity index (χ2n) is 21.8. The Kier molecular flexibility index (Phi) is 7.38. The van der Waals surface area contributed by atoms with E-state index < -0.39 is 0 Å². The first kappa shape index (κ1) is 37.2. The average molecular weight is 781 g/mol. The Morgan fingerprint density at radius 1 is 0.283 bits per heavy atom. The van der Waals surface area contributed by atoms with Crippen LogP contribution in [0.25, 0.3) is 98.4 Å². The Morgan fingerprint density at radius 2 is 0.567 bits per heavy atom. The van der Waals surface area contributed by atoms with Gasteiger partial charge in [-0.3, -0.25) is 0 Å². The highest BCUT2D eigenvalue weighted by atomic mass is 14.9. The van der Waals surface area contributed by atoms with Crippen molar-refractivity contribution < 1.29 is 0 Å². The van der Waals surface area contributed by atoms with Gasteiger partial charge in [-0.25, -0.2) is 0 Å². The van der Waals surface area contributed by atoms with Crippen molar-refractivity contribution in [2.24, 2.45) is 0 Å². The van der Waals surface area contributed by atoms with Gasteiger partial charge in [0.15, 0.2) is 0 Å². The summed E-state index contributed by atoms with van der Waals surface area (Å²) < 4.78 is 5.32. The molecule has 2 heteroatoms. The van der Waals surface area contributed by atoms with Crippen molar-refractivity contribution in [2.45, 2.75) is 105 Å². The van der Waals surface area contributed by atoms with Gasteiger partial charge in [0.2, 0.25) is 0 Å².